The largest absolute Gasteiger partial charge is 0.486 e. The van der Waals surface area contributed by atoms with Gasteiger partial charge in [0.15, 0.2) is 17.6 Å². The highest BCUT2D eigenvalue weighted by Gasteiger charge is 2.24. The van der Waals surface area contributed by atoms with Crippen LogP contribution >= 0.6 is 11.6 Å². The maximum Gasteiger partial charge on any atom is 0.255 e. The summed E-state index contributed by atoms with van der Waals surface area (Å²) in [6.07, 6.45) is 1.26. The van der Waals surface area contributed by atoms with Crippen LogP contribution in [-0.2, 0) is 0 Å². The maximum atomic E-state index is 12.3. The Morgan fingerprint density at radius 2 is 2.09 bits per heavy atom. The van der Waals surface area contributed by atoms with Crippen molar-refractivity contribution in [3.05, 3.63) is 53.3 Å². The van der Waals surface area contributed by atoms with E-state index in [4.69, 9.17) is 21.1 Å². The maximum absolute atomic E-state index is 12.3. The number of rotatable bonds is 3. The molecule has 6 heteroatoms. The molecule has 1 unspecified atom stereocenters. The second-order valence-corrected chi connectivity index (χ2v) is 5.44. The van der Waals surface area contributed by atoms with Gasteiger partial charge in [0.1, 0.15) is 11.8 Å². The van der Waals surface area contributed by atoms with Crippen LogP contribution in [0.3, 0.4) is 0 Å². The van der Waals surface area contributed by atoms with Crippen molar-refractivity contribution < 1.29 is 14.3 Å². The Morgan fingerprint density at radius 1 is 1.32 bits per heavy atom. The first kappa shape index (κ1) is 14.7. The molecule has 22 heavy (non-hydrogen) atoms. The number of aromatic nitrogens is 1. The lowest BCUT2D eigenvalue weighted by atomic mass is 10.2. The number of nitrogens with zero attached hydrogens (tertiary/aromatic N) is 2. The van der Waals surface area contributed by atoms with Crippen molar-refractivity contribution in [3.8, 4) is 11.5 Å². The van der Waals surface area contributed by atoms with Gasteiger partial charge in [0, 0.05) is 13.2 Å². The van der Waals surface area contributed by atoms with Gasteiger partial charge >= 0.3 is 0 Å². The predicted molar refractivity (Wildman–Crippen MR) is 82.6 cm³/mol. The number of ether oxygens (including phenoxy) is 2. The first-order valence-electron chi connectivity index (χ1n) is 6.89. The van der Waals surface area contributed by atoms with E-state index in [0.29, 0.717) is 29.6 Å². The predicted octanol–water partition coefficient (Wildman–Crippen LogP) is 2.65. The lowest BCUT2D eigenvalue weighted by molar-refractivity contribution is 0.0520. The van der Waals surface area contributed by atoms with Gasteiger partial charge in [0.05, 0.1) is 12.1 Å². The summed E-state index contributed by atoms with van der Waals surface area (Å²) >= 11 is 5.73. The van der Waals surface area contributed by atoms with Crippen molar-refractivity contribution in [2.24, 2.45) is 0 Å². The van der Waals surface area contributed by atoms with E-state index in [9.17, 15) is 4.79 Å². The molecule has 3 rings (SSSR count). The lowest BCUT2D eigenvalue weighted by Gasteiger charge is -2.29. The van der Waals surface area contributed by atoms with Gasteiger partial charge in [-0.25, -0.2) is 4.98 Å². The van der Waals surface area contributed by atoms with Gasteiger partial charge in [0.25, 0.3) is 5.91 Å². The summed E-state index contributed by atoms with van der Waals surface area (Å²) < 4.78 is 11.5. The zero-order valence-corrected chi connectivity index (χ0v) is 12.8. The highest BCUT2D eigenvalue weighted by atomic mass is 35.5. The van der Waals surface area contributed by atoms with Crippen molar-refractivity contribution in [1.29, 1.82) is 0 Å². The van der Waals surface area contributed by atoms with Gasteiger partial charge < -0.3 is 14.4 Å². The van der Waals surface area contributed by atoms with Crippen LogP contribution in [0.25, 0.3) is 0 Å². The third-order valence-electron chi connectivity index (χ3n) is 3.37. The molecule has 2 heterocycles. The first-order chi connectivity index (χ1) is 10.6. The Bertz CT molecular complexity index is 675. The average molecular weight is 319 g/mol. The van der Waals surface area contributed by atoms with Crippen molar-refractivity contribution in [1.82, 2.24) is 9.88 Å². The van der Waals surface area contributed by atoms with Crippen molar-refractivity contribution in [3.63, 3.8) is 0 Å². The highest BCUT2D eigenvalue weighted by Crippen LogP contribution is 2.31. The van der Waals surface area contributed by atoms with Crippen LogP contribution in [0.5, 0.6) is 11.5 Å². The SMILES string of the molecule is CN(CC1COc2ccccc2O1)C(=O)c1ccc(Cl)nc1. The van der Waals surface area contributed by atoms with Crippen LogP contribution in [0.2, 0.25) is 5.15 Å². The van der Waals surface area contributed by atoms with Crippen LogP contribution in [0.15, 0.2) is 42.6 Å². The van der Waals surface area contributed by atoms with E-state index in [1.54, 1.807) is 24.1 Å². The minimum absolute atomic E-state index is 0.133. The molecule has 2 aromatic rings. The van der Waals surface area contributed by atoms with E-state index in [1.165, 1.54) is 6.20 Å². The van der Waals surface area contributed by atoms with Gasteiger partial charge in [-0.15, -0.1) is 0 Å². The number of fused-ring (bicyclic) bond motifs is 1. The number of hydrogen-bond donors (Lipinski definition) is 0. The molecule has 1 atom stereocenters. The minimum atomic E-state index is -0.205. The quantitative estimate of drug-likeness (QED) is 0.816. The molecule has 114 valence electrons. The number of carbonyl (C=O) groups is 1. The molecular formula is C16H15ClN2O3. The number of halogens is 1. The summed E-state index contributed by atoms with van der Waals surface area (Å²) in [7, 11) is 1.72. The van der Waals surface area contributed by atoms with Gasteiger partial charge in [-0.2, -0.15) is 0 Å². The second-order valence-electron chi connectivity index (χ2n) is 5.05. The molecule has 0 aliphatic carbocycles. The lowest BCUT2D eigenvalue weighted by Crippen LogP contribution is -2.41. The monoisotopic (exact) mass is 318 g/mol. The number of amides is 1. The van der Waals surface area contributed by atoms with Crippen LogP contribution in [0, 0.1) is 0 Å². The molecule has 0 saturated carbocycles. The smallest absolute Gasteiger partial charge is 0.255 e. The zero-order chi connectivity index (χ0) is 15.5. The van der Waals surface area contributed by atoms with Crippen LogP contribution in [-0.4, -0.2) is 42.1 Å². The zero-order valence-electron chi connectivity index (χ0n) is 12.0. The normalized spacial score (nSPS) is 16.2. The third-order valence-corrected chi connectivity index (χ3v) is 3.59. The van der Waals surface area contributed by atoms with E-state index in [2.05, 4.69) is 4.98 Å². The van der Waals surface area contributed by atoms with E-state index in [-0.39, 0.29) is 12.0 Å². The summed E-state index contributed by atoms with van der Waals surface area (Å²) in [5.41, 5.74) is 0.490. The number of pyridine rings is 1. The summed E-state index contributed by atoms with van der Waals surface area (Å²) in [6.45, 7) is 0.837. The number of likely N-dealkylation sites (N-methyl/N-ethyl adjacent to an activating group) is 1. The molecule has 0 saturated heterocycles. The summed E-state index contributed by atoms with van der Waals surface area (Å²) in [4.78, 5) is 17.8. The topological polar surface area (TPSA) is 51.7 Å². The van der Waals surface area contributed by atoms with Gasteiger partial charge in [-0.1, -0.05) is 23.7 Å². The van der Waals surface area contributed by atoms with Gasteiger partial charge in [-0.05, 0) is 24.3 Å². The van der Waals surface area contributed by atoms with E-state index >= 15 is 0 Å². The summed E-state index contributed by atoms with van der Waals surface area (Å²) in [5, 5.41) is 0.361. The van der Waals surface area contributed by atoms with Crippen LogP contribution in [0.1, 0.15) is 10.4 Å². The molecule has 0 radical (unpaired) electrons. The Labute approximate surface area is 133 Å². The fourth-order valence-corrected chi connectivity index (χ4v) is 2.38. The Balaban J connectivity index is 1.64. The summed E-state index contributed by atoms with van der Waals surface area (Å²) in [5.74, 6) is 1.30. The highest BCUT2D eigenvalue weighted by molar-refractivity contribution is 6.29. The van der Waals surface area contributed by atoms with E-state index in [0.717, 1.165) is 5.75 Å². The van der Waals surface area contributed by atoms with Crippen molar-refractivity contribution >= 4 is 17.5 Å². The molecule has 0 N–H and O–H groups in total. The molecule has 1 aliphatic heterocycles. The van der Waals surface area contributed by atoms with E-state index in [1.807, 2.05) is 24.3 Å². The number of hydrogen-bond acceptors (Lipinski definition) is 4. The van der Waals surface area contributed by atoms with Gasteiger partial charge in [0.2, 0.25) is 0 Å². The Hall–Kier alpha value is -2.27. The van der Waals surface area contributed by atoms with Crippen LogP contribution in [0.4, 0.5) is 0 Å². The van der Waals surface area contributed by atoms with E-state index < -0.39 is 0 Å². The molecule has 0 fully saturated rings. The van der Waals surface area contributed by atoms with Gasteiger partial charge in [-0.3, -0.25) is 4.79 Å². The molecule has 1 aromatic carbocycles. The number of para-hydroxylation sites is 2. The third kappa shape index (κ3) is 3.14. The first-order valence-corrected chi connectivity index (χ1v) is 7.27. The molecule has 0 bridgehead atoms. The standard InChI is InChI=1S/C16H15ClN2O3/c1-19(16(20)11-6-7-15(17)18-8-11)9-12-10-21-13-4-2-3-5-14(13)22-12/h2-8,12H,9-10H2,1H3. The second kappa shape index (κ2) is 6.23. The number of benzene rings is 1. The van der Waals surface area contributed by atoms with Crippen LogP contribution < -0.4 is 9.47 Å². The fraction of sp³-hybridized carbons (Fsp3) is 0.250. The minimum Gasteiger partial charge on any atom is -0.486 e. The fourth-order valence-electron chi connectivity index (χ4n) is 2.26. The summed E-state index contributed by atoms with van der Waals surface area (Å²) in [6, 6.07) is 10.7. The average Bonchev–Trinajstić information content (AvgIpc) is 2.55. The molecule has 1 aromatic heterocycles. The molecule has 5 nitrogen and oxygen atoms in total. The molecule has 0 spiro atoms. The molecular weight excluding hydrogens is 304 g/mol. The van der Waals surface area contributed by atoms with Crippen molar-refractivity contribution in [2.45, 2.75) is 6.10 Å². The number of carbonyl (C=O) groups excluding carboxylic acids is 1. The molecule has 1 amide bonds. The molecule has 1 aliphatic rings. The Kier molecular flexibility index (Phi) is 4.15. The Morgan fingerprint density at radius 3 is 2.82 bits per heavy atom. The van der Waals surface area contributed by atoms with Crippen molar-refractivity contribution in [2.75, 3.05) is 20.2 Å².